The normalized spacial score (nSPS) is 16.8. The van der Waals surface area contributed by atoms with Gasteiger partial charge < -0.3 is 0 Å². The summed E-state index contributed by atoms with van der Waals surface area (Å²) in [6.45, 7) is 5.27. The van der Waals surface area contributed by atoms with Gasteiger partial charge in [-0.3, -0.25) is 0 Å². The molecule has 0 aliphatic heterocycles. The summed E-state index contributed by atoms with van der Waals surface area (Å²) in [5.74, 6) is -0.875. The predicted molar refractivity (Wildman–Crippen MR) is 181 cm³/mol. The molecule has 0 saturated carbocycles. The fourth-order valence-electron chi connectivity index (χ4n) is 7.56. The maximum atomic E-state index is 2.63. The molecular formula is C40H33SiZr. The Morgan fingerprint density at radius 1 is 0.452 bits per heavy atom. The molecular weight excluding hydrogens is 600 g/mol. The Labute approximate surface area is 257 Å². The summed E-state index contributed by atoms with van der Waals surface area (Å²) in [6.07, 6.45) is 10.2. The molecule has 0 spiro atoms. The second kappa shape index (κ2) is 10.6. The van der Waals surface area contributed by atoms with Crippen molar-refractivity contribution in [2.24, 2.45) is 0 Å². The third kappa shape index (κ3) is 4.19. The first kappa shape index (κ1) is 26.1. The summed E-state index contributed by atoms with van der Waals surface area (Å²) in [7, 11) is 0. The summed E-state index contributed by atoms with van der Waals surface area (Å²) < 4.78 is 1.26. The molecule has 0 N–H and O–H groups in total. The zero-order valence-corrected chi connectivity index (χ0v) is 27.7. The van der Waals surface area contributed by atoms with Gasteiger partial charge in [-0.25, -0.2) is 0 Å². The van der Waals surface area contributed by atoms with Crippen molar-refractivity contribution < 1.29 is 20.9 Å². The summed E-state index contributed by atoms with van der Waals surface area (Å²) in [4.78, 5) is 0. The molecule has 2 aliphatic rings. The van der Waals surface area contributed by atoms with Crippen LogP contribution in [0.5, 0.6) is 0 Å². The Balaban J connectivity index is 1.21. The van der Waals surface area contributed by atoms with Crippen LogP contribution < -0.4 is 0 Å². The number of hydrogen-bond donors (Lipinski definition) is 0. The van der Waals surface area contributed by atoms with Gasteiger partial charge in [0.1, 0.15) is 0 Å². The van der Waals surface area contributed by atoms with Gasteiger partial charge in [-0.15, -0.1) is 0 Å². The third-order valence-corrected chi connectivity index (χ3v) is 30.8. The number of benzene rings is 6. The first-order valence-electron chi connectivity index (χ1n) is 15.1. The van der Waals surface area contributed by atoms with E-state index in [0.717, 1.165) is 0 Å². The Kier molecular flexibility index (Phi) is 6.58. The van der Waals surface area contributed by atoms with Crippen LogP contribution in [0.15, 0.2) is 133 Å². The van der Waals surface area contributed by atoms with Gasteiger partial charge in [0.25, 0.3) is 0 Å². The third-order valence-electron chi connectivity index (χ3n) is 9.41. The molecule has 0 heterocycles. The Hall–Kier alpha value is -3.58. The predicted octanol–water partition coefficient (Wildman–Crippen LogP) is 10.8. The fraction of sp³-hybridized carbons (Fsp3) is 0.100. The van der Waals surface area contributed by atoms with Gasteiger partial charge in [0, 0.05) is 0 Å². The molecule has 8 rings (SSSR count). The van der Waals surface area contributed by atoms with Crippen LogP contribution in [-0.2, 0) is 20.9 Å². The molecule has 2 heteroatoms. The molecule has 2 atom stereocenters. The van der Waals surface area contributed by atoms with E-state index in [-0.39, 0.29) is 0 Å². The van der Waals surface area contributed by atoms with E-state index in [1.54, 1.807) is 11.1 Å². The number of hydrogen-bond acceptors (Lipinski definition) is 0. The average Bonchev–Trinajstić information content (AvgIpc) is 3.66. The zero-order chi connectivity index (χ0) is 28.2. The molecule has 0 fully saturated rings. The van der Waals surface area contributed by atoms with Gasteiger partial charge in [0.15, 0.2) is 0 Å². The van der Waals surface area contributed by atoms with Crippen LogP contribution in [0, 0.1) is 0 Å². The molecule has 0 saturated heterocycles. The van der Waals surface area contributed by atoms with Crippen molar-refractivity contribution in [3.63, 3.8) is 0 Å². The summed E-state index contributed by atoms with van der Waals surface area (Å²) in [6, 6.07) is 45.3. The molecule has 0 aromatic heterocycles. The van der Waals surface area contributed by atoms with Gasteiger partial charge in [-0.1, -0.05) is 0 Å². The fourth-order valence-corrected chi connectivity index (χ4v) is 28.5. The van der Waals surface area contributed by atoms with E-state index in [2.05, 4.69) is 159 Å². The topological polar surface area (TPSA) is 0 Å². The number of fused-ring (bicyclic) bond motifs is 4. The van der Waals surface area contributed by atoms with Crippen LogP contribution in [0.3, 0.4) is 0 Å². The molecule has 0 amide bonds. The van der Waals surface area contributed by atoms with Crippen LogP contribution in [0.4, 0.5) is 0 Å². The van der Waals surface area contributed by atoms with Crippen molar-refractivity contribution in [2.75, 3.05) is 0 Å². The second-order valence-corrected chi connectivity index (χ2v) is 32.3. The van der Waals surface area contributed by atoms with E-state index in [0.29, 0.717) is 7.25 Å². The molecule has 0 nitrogen and oxygen atoms in total. The Bertz CT molecular complexity index is 1890. The Morgan fingerprint density at radius 3 is 1.33 bits per heavy atom. The summed E-state index contributed by atoms with van der Waals surface area (Å²) in [5, 5.41) is 5.31. The van der Waals surface area contributed by atoms with Gasteiger partial charge in [0.2, 0.25) is 0 Å². The first-order valence-corrected chi connectivity index (χ1v) is 25.1. The van der Waals surface area contributed by atoms with Crippen molar-refractivity contribution >= 4 is 39.6 Å². The van der Waals surface area contributed by atoms with Crippen molar-refractivity contribution in [3.05, 3.63) is 156 Å². The maximum absolute atomic E-state index is 2.63. The molecule has 6 aromatic rings. The van der Waals surface area contributed by atoms with Crippen LogP contribution >= 0.6 is 0 Å². The molecule has 42 heavy (non-hydrogen) atoms. The van der Waals surface area contributed by atoms with Crippen molar-refractivity contribution in [1.82, 2.24) is 0 Å². The minimum absolute atomic E-state index is 0.630. The van der Waals surface area contributed by atoms with E-state index in [1.807, 2.05) is 0 Å². The number of allylic oxidation sites excluding steroid dienone is 2. The van der Waals surface area contributed by atoms with Crippen molar-refractivity contribution in [1.29, 1.82) is 0 Å². The van der Waals surface area contributed by atoms with Crippen LogP contribution in [0.2, 0.25) is 13.1 Å². The molecule has 6 aromatic carbocycles. The van der Waals surface area contributed by atoms with Crippen LogP contribution in [-0.4, -0.2) is 5.92 Å². The molecule has 2 aliphatic carbocycles. The van der Waals surface area contributed by atoms with E-state index in [1.165, 1.54) is 54.9 Å². The second-order valence-electron chi connectivity index (χ2n) is 12.0. The van der Waals surface area contributed by atoms with E-state index in [9.17, 15) is 0 Å². The molecule has 0 bridgehead atoms. The monoisotopic (exact) mass is 631 g/mol. The molecule has 2 unspecified atom stereocenters. The van der Waals surface area contributed by atoms with Crippen molar-refractivity contribution in [2.45, 2.75) is 20.3 Å². The zero-order valence-electron chi connectivity index (χ0n) is 24.1. The van der Waals surface area contributed by atoms with Gasteiger partial charge >= 0.3 is 259 Å². The standard InChI is InChI=1S/2C19H13.C2H7Si.Zr/c2*1-2-10-16-14(6-1)8-4-12-18(16)19-13-5-9-15-7-3-11-17(15)19;1-3-2;/h2*1-13H;3H,1-2H3;. The summed E-state index contributed by atoms with van der Waals surface area (Å²) in [5.41, 5.74) is 11.6. The average molecular weight is 633 g/mol. The van der Waals surface area contributed by atoms with Crippen LogP contribution in [0.25, 0.3) is 56.0 Å². The van der Waals surface area contributed by atoms with Crippen molar-refractivity contribution in [3.8, 4) is 22.3 Å². The van der Waals surface area contributed by atoms with Gasteiger partial charge in [-0.05, 0) is 0 Å². The van der Waals surface area contributed by atoms with Crippen LogP contribution in [0.1, 0.15) is 29.5 Å². The van der Waals surface area contributed by atoms with Gasteiger partial charge in [-0.2, -0.15) is 0 Å². The van der Waals surface area contributed by atoms with E-state index >= 15 is 0 Å². The minimum atomic E-state index is -2.02. The molecule has 201 valence electrons. The molecule has 0 radical (unpaired) electrons. The van der Waals surface area contributed by atoms with E-state index < -0.39 is 26.8 Å². The number of rotatable bonds is 5. The van der Waals surface area contributed by atoms with E-state index in [4.69, 9.17) is 0 Å². The SMILES string of the molecule is C[SiH](C)[Zr]([CH]1C=Cc2c(-c3cccc4ccccc34)cccc21)[CH]1C=Cc2c(-c3cccc4ccccc34)cccc21. The Morgan fingerprint density at radius 2 is 0.857 bits per heavy atom. The summed E-state index contributed by atoms with van der Waals surface area (Å²) >= 11 is -2.02. The van der Waals surface area contributed by atoms with Gasteiger partial charge in [0.05, 0.1) is 0 Å². The first-order chi connectivity index (χ1) is 20.7. The quantitative estimate of drug-likeness (QED) is 0.166.